The molecule has 0 radical (unpaired) electrons. The van der Waals surface area contributed by atoms with Gasteiger partial charge in [0.15, 0.2) is 0 Å². The third-order valence-electron chi connectivity index (χ3n) is 2.79. The summed E-state index contributed by atoms with van der Waals surface area (Å²) in [6, 6.07) is 10.2. The molecule has 1 rings (SSSR count). The molecule has 0 atom stereocenters. The van der Waals surface area contributed by atoms with E-state index >= 15 is 0 Å². The first kappa shape index (κ1) is 16.5. The first-order chi connectivity index (χ1) is 9.28. The van der Waals surface area contributed by atoms with Gasteiger partial charge < -0.3 is 9.47 Å². The topological polar surface area (TPSA) is 18.5 Å². The van der Waals surface area contributed by atoms with Crippen LogP contribution in [-0.4, -0.2) is 26.6 Å². The lowest BCUT2D eigenvalue weighted by molar-refractivity contribution is -0.172. The summed E-state index contributed by atoms with van der Waals surface area (Å²) in [6.07, 6.45) is 11.0. The second-order valence-corrected chi connectivity index (χ2v) is 7.56. The lowest BCUT2D eigenvalue weighted by Crippen LogP contribution is -2.43. The van der Waals surface area contributed by atoms with Crippen LogP contribution in [0.2, 0.25) is 0 Å². The Morgan fingerprint density at radius 1 is 0.950 bits per heavy atom. The van der Waals surface area contributed by atoms with Crippen molar-refractivity contribution in [2.45, 2.75) is 44.8 Å². The van der Waals surface area contributed by atoms with Gasteiger partial charge in [-0.1, -0.05) is 47.4 Å². The van der Waals surface area contributed by atoms with E-state index in [1.165, 1.54) is 5.19 Å². The van der Waals surface area contributed by atoms with Gasteiger partial charge in [0.1, 0.15) is 26.6 Å². The second kappa shape index (κ2) is 6.77. The van der Waals surface area contributed by atoms with Crippen molar-refractivity contribution in [1.29, 1.82) is 0 Å². The van der Waals surface area contributed by atoms with Gasteiger partial charge in [0.2, 0.25) is 0 Å². The molecule has 0 unspecified atom stereocenters. The van der Waals surface area contributed by atoms with Crippen LogP contribution in [-0.2, 0) is 9.47 Å². The Hall–Kier alpha value is -1.52. The number of benzene rings is 1. The molecule has 0 N–H and O–H groups in total. The van der Waals surface area contributed by atoms with E-state index in [4.69, 9.17) is 22.3 Å². The number of hydrogen-bond acceptors (Lipinski definition) is 2. The van der Waals surface area contributed by atoms with Gasteiger partial charge >= 0.3 is 0 Å². The molecular formula is C17H22O2Si. The Bertz CT molecular complexity index is 478. The lowest BCUT2D eigenvalue weighted by Gasteiger charge is -2.31. The Morgan fingerprint density at radius 2 is 1.40 bits per heavy atom. The fourth-order valence-electron chi connectivity index (χ4n) is 1.64. The van der Waals surface area contributed by atoms with Crippen LogP contribution < -0.4 is 5.19 Å². The van der Waals surface area contributed by atoms with Crippen LogP contribution in [0.3, 0.4) is 0 Å². The predicted molar refractivity (Wildman–Crippen MR) is 86.4 cm³/mol. The van der Waals surface area contributed by atoms with E-state index in [9.17, 15) is 0 Å². The number of rotatable bonds is 6. The molecule has 0 saturated heterocycles. The van der Waals surface area contributed by atoms with Crippen molar-refractivity contribution >= 4 is 14.7 Å². The summed E-state index contributed by atoms with van der Waals surface area (Å²) in [5.41, 5.74) is -1.34. The highest BCUT2D eigenvalue weighted by Gasteiger charge is 2.27. The molecule has 1 aromatic rings. The minimum Gasteiger partial charge on any atom is -0.338 e. The lowest BCUT2D eigenvalue weighted by atomic mass is 10.1. The Balaban J connectivity index is 2.86. The third-order valence-corrected chi connectivity index (χ3v) is 4.40. The molecule has 2 nitrogen and oxygen atoms in total. The Kier molecular flexibility index (Phi) is 5.59. The van der Waals surface area contributed by atoms with Crippen LogP contribution in [0.15, 0.2) is 30.3 Å². The molecule has 1 aromatic carbocycles. The van der Waals surface area contributed by atoms with E-state index in [0.717, 1.165) is 0 Å². The van der Waals surface area contributed by atoms with Crippen molar-refractivity contribution in [3.8, 4) is 24.7 Å². The van der Waals surface area contributed by atoms with Crippen molar-refractivity contribution in [3.63, 3.8) is 0 Å². The van der Waals surface area contributed by atoms with Crippen molar-refractivity contribution in [3.05, 3.63) is 30.3 Å². The molecule has 0 bridgehead atoms. The summed E-state index contributed by atoms with van der Waals surface area (Å²) in [7, 11) is -0.811. The minimum absolute atomic E-state index is 0.352. The van der Waals surface area contributed by atoms with Crippen molar-refractivity contribution < 1.29 is 9.47 Å². The van der Waals surface area contributed by atoms with Gasteiger partial charge in [0.25, 0.3) is 0 Å². The third kappa shape index (κ3) is 5.63. The zero-order chi connectivity index (χ0) is 15.2. The molecule has 0 fully saturated rings. The van der Waals surface area contributed by atoms with Crippen LogP contribution in [0.25, 0.3) is 0 Å². The highest BCUT2D eigenvalue weighted by Crippen LogP contribution is 2.17. The molecule has 0 aliphatic rings. The van der Waals surface area contributed by atoms with Gasteiger partial charge in [-0.3, -0.25) is 0 Å². The smallest absolute Gasteiger partial charge is 0.143 e. The average Bonchev–Trinajstić information content (AvgIpc) is 2.39. The zero-order valence-corrected chi connectivity index (χ0v) is 14.1. The largest absolute Gasteiger partial charge is 0.338 e. The van der Waals surface area contributed by atoms with Crippen molar-refractivity contribution in [1.82, 2.24) is 0 Å². The van der Waals surface area contributed by atoms with E-state index in [-0.39, 0.29) is 5.91 Å². The summed E-state index contributed by atoms with van der Waals surface area (Å²) < 4.78 is 11.9. The van der Waals surface area contributed by atoms with Gasteiger partial charge in [-0.15, -0.1) is 12.8 Å². The second-order valence-electron chi connectivity index (χ2n) is 5.66. The van der Waals surface area contributed by atoms with E-state index in [0.29, 0.717) is 0 Å². The van der Waals surface area contributed by atoms with Crippen LogP contribution >= 0.6 is 0 Å². The first-order valence-electron chi connectivity index (χ1n) is 6.63. The standard InChI is InChI=1S/C17H22O2Si/c1-7-16(3,4)18-15(19-17(5,6)8-2)20-14-12-10-9-11-13-14/h1-2,9-13,15H,20H2,3-6H3. The van der Waals surface area contributed by atoms with Gasteiger partial charge in [-0.2, -0.15) is 0 Å². The van der Waals surface area contributed by atoms with Crippen LogP contribution in [0.5, 0.6) is 0 Å². The molecule has 0 aliphatic heterocycles. The molecule has 3 heteroatoms. The van der Waals surface area contributed by atoms with E-state index in [1.807, 2.05) is 45.9 Å². The fraction of sp³-hybridized carbons (Fsp3) is 0.412. The molecule has 106 valence electrons. The van der Waals surface area contributed by atoms with Crippen LogP contribution in [0.1, 0.15) is 27.7 Å². The highest BCUT2D eigenvalue weighted by molar-refractivity contribution is 6.54. The summed E-state index contributed by atoms with van der Waals surface area (Å²) in [4.78, 5) is 0. The first-order valence-corrected chi connectivity index (χ1v) is 8.15. The summed E-state index contributed by atoms with van der Waals surface area (Å²) in [5, 5.41) is 1.25. The maximum absolute atomic E-state index is 5.94. The normalized spacial score (nSPS) is 12.6. The molecular weight excluding hydrogens is 264 g/mol. The predicted octanol–water partition coefficient (Wildman–Crippen LogP) is 1.62. The van der Waals surface area contributed by atoms with Gasteiger partial charge in [-0.25, -0.2) is 0 Å². The maximum Gasteiger partial charge on any atom is 0.143 e. The Morgan fingerprint density at radius 3 is 1.80 bits per heavy atom. The van der Waals surface area contributed by atoms with E-state index < -0.39 is 20.7 Å². The molecule has 0 heterocycles. The summed E-state index contributed by atoms with van der Waals surface area (Å²) in [5.74, 6) is 4.91. The molecule has 0 aromatic heterocycles. The minimum atomic E-state index is -0.811. The van der Waals surface area contributed by atoms with Gasteiger partial charge in [-0.05, 0) is 27.7 Å². The molecule has 0 spiro atoms. The monoisotopic (exact) mass is 286 g/mol. The summed E-state index contributed by atoms with van der Waals surface area (Å²) >= 11 is 0. The molecule has 20 heavy (non-hydrogen) atoms. The van der Waals surface area contributed by atoms with Crippen molar-refractivity contribution in [2.24, 2.45) is 0 Å². The zero-order valence-electron chi connectivity index (χ0n) is 12.6. The molecule has 0 aliphatic carbocycles. The quantitative estimate of drug-likeness (QED) is 0.449. The average molecular weight is 286 g/mol. The Labute approximate surface area is 124 Å². The van der Waals surface area contributed by atoms with Crippen LogP contribution in [0, 0.1) is 24.7 Å². The van der Waals surface area contributed by atoms with Gasteiger partial charge in [0.05, 0.1) is 0 Å². The van der Waals surface area contributed by atoms with Gasteiger partial charge in [0, 0.05) is 0 Å². The molecule has 0 saturated carbocycles. The van der Waals surface area contributed by atoms with E-state index in [2.05, 4.69) is 24.0 Å². The van der Waals surface area contributed by atoms with Crippen LogP contribution in [0.4, 0.5) is 0 Å². The maximum atomic E-state index is 5.94. The number of hydrogen-bond donors (Lipinski definition) is 0. The SMILES string of the molecule is C#CC(C)(C)OC(OC(C)(C)C#C)[SiH2]c1ccccc1. The van der Waals surface area contributed by atoms with E-state index in [1.54, 1.807) is 0 Å². The number of ether oxygens (including phenoxy) is 2. The van der Waals surface area contributed by atoms with Crippen molar-refractivity contribution in [2.75, 3.05) is 0 Å². The highest BCUT2D eigenvalue weighted by atomic mass is 28.2. The summed E-state index contributed by atoms with van der Waals surface area (Å²) in [6.45, 7) is 7.41. The molecule has 0 amide bonds. The number of terminal acetylenes is 2. The fourth-order valence-corrected chi connectivity index (χ4v) is 3.57.